The van der Waals surface area contributed by atoms with Crippen molar-refractivity contribution in [3.8, 4) is 0 Å². The first-order valence-electron chi connectivity index (χ1n) is 7.77. The van der Waals surface area contributed by atoms with E-state index in [9.17, 15) is 9.59 Å². The highest BCUT2D eigenvalue weighted by atomic mass is 32.1. The van der Waals surface area contributed by atoms with E-state index in [0.717, 1.165) is 33.3 Å². The molecule has 120 valence electrons. The fourth-order valence-electron chi connectivity index (χ4n) is 2.62. The number of hydrogen-bond acceptors (Lipinski definition) is 4. The molecule has 0 aliphatic heterocycles. The van der Waals surface area contributed by atoms with E-state index >= 15 is 0 Å². The third kappa shape index (κ3) is 2.99. The second-order valence-electron chi connectivity index (χ2n) is 5.55. The van der Waals surface area contributed by atoms with Crippen LogP contribution in [0.1, 0.15) is 25.5 Å². The van der Waals surface area contributed by atoms with E-state index < -0.39 is 0 Å². The highest BCUT2D eigenvalue weighted by Crippen LogP contribution is 2.32. The van der Waals surface area contributed by atoms with Crippen LogP contribution in [0.2, 0.25) is 0 Å². The number of unbranched alkanes of at least 4 members (excludes halogenated alkanes) is 1. The fraction of sp³-hybridized carbons (Fsp3) is 0.353. The first-order valence-corrected chi connectivity index (χ1v) is 8.59. The summed E-state index contributed by atoms with van der Waals surface area (Å²) in [5.41, 5.74) is 0.579. The van der Waals surface area contributed by atoms with Crippen LogP contribution in [0.25, 0.3) is 20.2 Å². The van der Waals surface area contributed by atoms with Crippen molar-refractivity contribution in [1.29, 1.82) is 0 Å². The Kier molecular flexibility index (Phi) is 4.43. The molecule has 0 saturated carbocycles. The van der Waals surface area contributed by atoms with Gasteiger partial charge in [0.15, 0.2) is 0 Å². The van der Waals surface area contributed by atoms with Crippen LogP contribution in [0.4, 0.5) is 0 Å². The van der Waals surface area contributed by atoms with Crippen molar-refractivity contribution in [3.63, 3.8) is 0 Å². The highest BCUT2D eigenvalue weighted by molar-refractivity contribution is 7.26. The molecule has 0 saturated heterocycles. The first-order chi connectivity index (χ1) is 11.1. The summed E-state index contributed by atoms with van der Waals surface area (Å²) in [6.45, 7) is 4.54. The summed E-state index contributed by atoms with van der Waals surface area (Å²) < 4.78 is 3.24. The Morgan fingerprint density at radius 2 is 2.13 bits per heavy atom. The number of amides is 1. The third-order valence-corrected chi connectivity index (χ3v) is 5.07. The van der Waals surface area contributed by atoms with E-state index in [1.807, 2.05) is 31.2 Å². The Morgan fingerprint density at radius 1 is 1.35 bits per heavy atom. The molecule has 1 amide bonds. The number of thiophene rings is 1. The molecule has 0 unspecified atom stereocenters. The Hall–Kier alpha value is -2.21. The predicted octanol–water partition coefficient (Wildman–Crippen LogP) is 2.84. The number of hydrogen-bond donors (Lipinski definition) is 1. The molecule has 1 aromatic carbocycles. The van der Waals surface area contributed by atoms with Crippen molar-refractivity contribution < 1.29 is 4.79 Å². The van der Waals surface area contributed by atoms with E-state index in [0.29, 0.717) is 11.9 Å². The van der Waals surface area contributed by atoms with Gasteiger partial charge in [0.2, 0.25) is 5.91 Å². The van der Waals surface area contributed by atoms with Crippen molar-refractivity contribution in [2.24, 2.45) is 0 Å². The average molecular weight is 329 g/mol. The van der Waals surface area contributed by atoms with Crippen LogP contribution in [-0.4, -0.2) is 22.2 Å². The number of carbonyl (C=O) groups is 1. The summed E-state index contributed by atoms with van der Waals surface area (Å²) in [5, 5.41) is 8.74. The van der Waals surface area contributed by atoms with E-state index in [1.165, 1.54) is 4.68 Å². The van der Waals surface area contributed by atoms with Crippen LogP contribution < -0.4 is 10.9 Å². The molecule has 0 aliphatic carbocycles. The summed E-state index contributed by atoms with van der Waals surface area (Å²) in [5.74, 6) is -0.175. The Labute approximate surface area is 137 Å². The summed E-state index contributed by atoms with van der Waals surface area (Å²) >= 11 is 1.57. The molecule has 0 radical (unpaired) electrons. The Bertz CT molecular complexity index is 927. The van der Waals surface area contributed by atoms with Crippen molar-refractivity contribution in [2.45, 2.75) is 33.2 Å². The van der Waals surface area contributed by atoms with Gasteiger partial charge in [0.05, 0.1) is 15.8 Å². The number of rotatable bonds is 5. The molecule has 3 aromatic rings. The maximum Gasteiger partial charge on any atom is 0.276 e. The molecule has 1 N–H and O–H groups in total. The highest BCUT2D eigenvalue weighted by Gasteiger charge is 2.15. The largest absolute Gasteiger partial charge is 0.354 e. The van der Waals surface area contributed by atoms with Crippen molar-refractivity contribution in [1.82, 2.24) is 15.1 Å². The minimum absolute atomic E-state index is 0.0382. The van der Waals surface area contributed by atoms with Gasteiger partial charge in [0, 0.05) is 16.6 Å². The Balaban J connectivity index is 2.02. The molecule has 6 heteroatoms. The maximum atomic E-state index is 12.7. The van der Waals surface area contributed by atoms with Crippen LogP contribution in [-0.2, 0) is 11.3 Å². The topological polar surface area (TPSA) is 64.0 Å². The van der Waals surface area contributed by atoms with Crippen molar-refractivity contribution in [3.05, 3.63) is 40.3 Å². The molecule has 3 rings (SSSR count). The lowest BCUT2D eigenvalue weighted by atomic mass is 10.2. The number of benzene rings is 1. The van der Waals surface area contributed by atoms with Crippen LogP contribution in [0.3, 0.4) is 0 Å². The van der Waals surface area contributed by atoms with Gasteiger partial charge in [-0.25, -0.2) is 4.68 Å². The lowest BCUT2D eigenvalue weighted by Crippen LogP contribution is -2.34. The summed E-state index contributed by atoms with van der Waals surface area (Å²) in [6, 6.07) is 7.83. The van der Waals surface area contributed by atoms with Crippen molar-refractivity contribution >= 4 is 37.4 Å². The van der Waals surface area contributed by atoms with E-state index in [-0.39, 0.29) is 18.0 Å². The Morgan fingerprint density at radius 3 is 2.91 bits per heavy atom. The molecule has 23 heavy (non-hydrogen) atoms. The second-order valence-corrected chi connectivity index (χ2v) is 6.61. The first kappa shape index (κ1) is 15.7. The molecule has 0 bridgehead atoms. The molecule has 0 aliphatic rings. The van der Waals surface area contributed by atoms with Crippen LogP contribution in [0, 0.1) is 6.92 Å². The van der Waals surface area contributed by atoms with Gasteiger partial charge in [-0.05, 0) is 19.4 Å². The van der Waals surface area contributed by atoms with Gasteiger partial charge < -0.3 is 5.32 Å². The van der Waals surface area contributed by atoms with Gasteiger partial charge in [-0.15, -0.1) is 11.3 Å². The molecule has 0 fully saturated rings. The predicted molar refractivity (Wildman–Crippen MR) is 94.0 cm³/mol. The minimum atomic E-state index is -0.200. The standard InChI is InChI=1S/C17H19N3O2S/c1-3-4-9-18-14(21)10-20-17(22)15-12-7-5-6-8-13(12)23-16(15)11(2)19-20/h5-8H,3-4,9-10H2,1-2H3,(H,18,21). The zero-order chi connectivity index (χ0) is 16.4. The molecule has 2 aromatic heterocycles. The lowest BCUT2D eigenvalue weighted by molar-refractivity contribution is -0.121. The number of nitrogens with zero attached hydrogens (tertiary/aromatic N) is 2. The minimum Gasteiger partial charge on any atom is -0.354 e. The molecule has 5 nitrogen and oxygen atoms in total. The number of carbonyl (C=O) groups excluding carboxylic acids is 1. The zero-order valence-electron chi connectivity index (χ0n) is 13.3. The molecular weight excluding hydrogens is 310 g/mol. The van der Waals surface area contributed by atoms with Crippen molar-refractivity contribution in [2.75, 3.05) is 6.54 Å². The monoisotopic (exact) mass is 329 g/mol. The normalized spacial score (nSPS) is 11.2. The van der Waals surface area contributed by atoms with Crippen LogP contribution >= 0.6 is 11.3 Å². The van der Waals surface area contributed by atoms with Gasteiger partial charge in [-0.1, -0.05) is 31.5 Å². The number of aryl methyl sites for hydroxylation is 1. The van der Waals surface area contributed by atoms with Gasteiger partial charge >= 0.3 is 0 Å². The quantitative estimate of drug-likeness (QED) is 0.732. The number of fused-ring (bicyclic) bond motifs is 3. The SMILES string of the molecule is CCCCNC(=O)Cn1nc(C)c2sc3ccccc3c2c1=O. The number of aromatic nitrogens is 2. The van der Waals surface area contributed by atoms with Gasteiger partial charge in [0.25, 0.3) is 5.56 Å². The lowest BCUT2D eigenvalue weighted by Gasteiger charge is -2.07. The smallest absolute Gasteiger partial charge is 0.276 e. The molecule has 0 atom stereocenters. The van der Waals surface area contributed by atoms with Crippen LogP contribution in [0.5, 0.6) is 0 Å². The maximum absolute atomic E-state index is 12.7. The number of nitrogens with one attached hydrogen (secondary N) is 1. The molecule has 0 spiro atoms. The zero-order valence-corrected chi connectivity index (χ0v) is 14.1. The third-order valence-electron chi connectivity index (χ3n) is 3.79. The van der Waals surface area contributed by atoms with E-state index in [1.54, 1.807) is 11.3 Å². The summed E-state index contributed by atoms with van der Waals surface area (Å²) in [6.07, 6.45) is 1.95. The van der Waals surface area contributed by atoms with E-state index in [4.69, 9.17) is 0 Å². The molecule has 2 heterocycles. The van der Waals surface area contributed by atoms with Gasteiger partial charge in [-0.2, -0.15) is 5.10 Å². The van der Waals surface area contributed by atoms with E-state index in [2.05, 4.69) is 17.3 Å². The fourth-order valence-corrected chi connectivity index (χ4v) is 3.75. The second kappa shape index (κ2) is 6.50. The van der Waals surface area contributed by atoms with Gasteiger partial charge in [0.1, 0.15) is 6.54 Å². The summed E-state index contributed by atoms with van der Waals surface area (Å²) in [7, 11) is 0. The molecular formula is C17H19N3O2S. The van der Waals surface area contributed by atoms with Crippen LogP contribution in [0.15, 0.2) is 29.1 Å². The van der Waals surface area contributed by atoms with Gasteiger partial charge in [-0.3, -0.25) is 9.59 Å². The average Bonchev–Trinajstić information content (AvgIpc) is 2.93. The summed E-state index contributed by atoms with van der Waals surface area (Å²) in [4.78, 5) is 24.7.